The van der Waals surface area contributed by atoms with E-state index in [0.29, 0.717) is 23.5 Å². The molecule has 3 N–H and O–H groups in total. The van der Waals surface area contributed by atoms with Crippen LogP contribution in [0.5, 0.6) is 5.75 Å². The molecule has 0 saturated heterocycles. The van der Waals surface area contributed by atoms with E-state index in [4.69, 9.17) is 40.8 Å². The predicted molar refractivity (Wildman–Crippen MR) is 159 cm³/mol. The van der Waals surface area contributed by atoms with Gasteiger partial charge in [-0.3, -0.25) is 9.32 Å². The number of para-hydroxylation sites is 2. The van der Waals surface area contributed by atoms with Gasteiger partial charge in [-0.1, -0.05) is 41.9 Å². The van der Waals surface area contributed by atoms with Gasteiger partial charge in [0.15, 0.2) is 5.82 Å². The minimum Gasteiger partial charge on any atom is -0.462 e. The quantitative estimate of drug-likeness (QED) is 0.141. The molecular weight excluding hydrogens is 569 g/mol. The third kappa shape index (κ3) is 7.36. The molecule has 0 aliphatic carbocycles. The van der Waals surface area contributed by atoms with Crippen LogP contribution in [0.15, 0.2) is 48.5 Å². The van der Waals surface area contributed by atoms with Crippen LogP contribution in [-0.2, 0) is 36.5 Å². The van der Waals surface area contributed by atoms with Crippen LogP contribution in [0.25, 0.3) is 21.9 Å². The number of pyridine rings is 1. The normalized spacial score (nSPS) is 14.7. The van der Waals surface area contributed by atoms with Crippen molar-refractivity contribution in [2.75, 3.05) is 12.3 Å². The summed E-state index contributed by atoms with van der Waals surface area (Å²) in [5.74, 6) is 0.423. The summed E-state index contributed by atoms with van der Waals surface area (Å²) >= 11 is 6.29. The summed E-state index contributed by atoms with van der Waals surface area (Å²) < 4.78 is 38.9. The first-order valence-electron chi connectivity index (χ1n) is 13.3. The molecule has 0 aliphatic rings. The Morgan fingerprint density at radius 2 is 1.80 bits per heavy atom. The Bertz CT molecular complexity index is 1580. The molecule has 4 aromatic rings. The zero-order valence-electron chi connectivity index (χ0n) is 23.7. The van der Waals surface area contributed by atoms with Gasteiger partial charge < -0.3 is 24.3 Å². The van der Waals surface area contributed by atoms with Crippen LogP contribution in [0.2, 0.25) is 5.02 Å². The van der Waals surface area contributed by atoms with Gasteiger partial charge in [-0.25, -0.2) is 14.5 Å². The topological polar surface area (TPSA) is 140 Å². The maximum absolute atomic E-state index is 14.2. The molecule has 41 heavy (non-hydrogen) atoms. The fraction of sp³-hybridized carbons (Fsp3) is 0.393. The van der Waals surface area contributed by atoms with E-state index in [1.54, 1.807) is 45.0 Å². The minimum atomic E-state index is -4.19. The van der Waals surface area contributed by atoms with Crippen LogP contribution in [0.3, 0.4) is 0 Å². The van der Waals surface area contributed by atoms with Crippen LogP contribution in [0.4, 0.5) is 5.82 Å². The molecule has 0 spiro atoms. The zero-order valence-corrected chi connectivity index (χ0v) is 25.3. The number of benzene rings is 2. The number of halogens is 1. The minimum absolute atomic E-state index is 0.136. The summed E-state index contributed by atoms with van der Waals surface area (Å²) in [6, 6.07) is 13.2. The number of ether oxygens (including phenoxy) is 2. The van der Waals surface area contributed by atoms with E-state index in [0.717, 1.165) is 10.9 Å². The van der Waals surface area contributed by atoms with E-state index in [9.17, 15) is 9.36 Å². The lowest BCUT2D eigenvalue weighted by molar-refractivity contribution is -0.149. The first kappa shape index (κ1) is 30.7. The molecule has 0 amide bonds. The molecule has 13 heteroatoms. The van der Waals surface area contributed by atoms with Crippen molar-refractivity contribution >= 4 is 53.1 Å². The van der Waals surface area contributed by atoms with Crippen LogP contribution in [0, 0.1) is 0 Å². The molecular formula is C28H35ClN5O6P. The molecule has 2 aromatic carbocycles. The highest BCUT2D eigenvalue weighted by atomic mass is 35.5. The molecule has 0 fully saturated rings. The van der Waals surface area contributed by atoms with Crippen molar-refractivity contribution in [2.24, 2.45) is 0 Å². The molecule has 0 radical (unpaired) electrons. The molecule has 0 unspecified atom stereocenters. The Morgan fingerprint density at radius 3 is 2.51 bits per heavy atom. The van der Waals surface area contributed by atoms with Gasteiger partial charge in [0.2, 0.25) is 0 Å². The lowest BCUT2D eigenvalue weighted by atomic mass is 10.2. The number of aromatic nitrogens is 3. The standard InChI is InChI=1S/C28H35ClN5O6P/c1-6-37-16-24-32-25-26(20-11-7-9-13-22(20)31-27(25)30)34(24)15-18(4)39-41(36,33-19(5)28(35)38-17(2)3)40-23-14-10-8-12-21(23)29/h7-14,17-19H,6,15-16H2,1-5H3,(H2,30,31)(H,33,36)/t18-,19+,41+/m1/s1. The summed E-state index contributed by atoms with van der Waals surface area (Å²) in [5.41, 5.74) is 8.29. The molecule has 2 heterocycles. The van der Waals surface area contributed by atoms with Gasteiger partial charge in [0, 0.05) is 12.0 Å². The monoisotopic (exact) mass is 603 g/mol. The fourth-order valence-corrected chi connectivity index (χ4v) is 6.21. The summed E-state index contributed by atoms with van der Waals surface area (Å²) in [6.07, 6.45) is -1.07. The number of hydrogen-bond donors (Lipinski definition) is 2. The zero-order chi connectivity index (χ0) is 29.7. The summed E-state index contributed by atoms with van der Waals surface area (Å²) in [6.45, 7) is 9.51. The Kier molecular flexibility index (Phi) is 9.88. The summed E-state index contributed by atoms with van der Waals surface area (Å²) in [7, 11) is -4.19. The molecule has 220 valence electrons. The Hall–Kier alpha value is -3.21. The van der Waals surface area contributed by atoms with Crippen molar-refractivity contribution < 1.29 is 27.9 Å². The molecule has 0 aliphatic heterocycles. The van der Waals surface area contributed by atoms with Crippen molar-refractivity contribution in [3.8, 4) is 5.75 Å². The number of carbonyl (C=O) groups excluding carboxylic acids is 1. The number of esters is 1. The van der Waals surface area contributed by atoms with Crippen LogP contribution >= 0.6 is 19.3 Å². The van der Waals surface area contributed by atoms with Gasteiger partial charge >= 0.3 is 13.7 Å². The number of fused-ring (bicyclic) bond motifs is 3. The van der Waals surface area contributed by atoms with Crippen molar-refractivity contribution in [2.45, 2.75) is 66.0 Å². The Labute approximate surface area is 243 Å². The maximum Gasteiger partial charge on any atom is 0.459 e. The van der Waals surface area contributed by atoms with Crippen LogP contribution < -0.4 is 15.3 Å². The number of nitrogen functional groups attached to an aromatic ring is 1. The second kappa shape index (κ2) is 13.2. The van der Waals surface area contributed by atoms with Crippen molar-refractivity contribution in [3.63, 3.8) is 0 Å². The smallest absolute Gasteiger partial charge is 0.459 e. The average molecular weight is 604 g/mol. The third-order valence-corrected chi connectivity index (χ3v) is 8.09. The number of imidazole rings is 1. The van der Waals surface area contributed by atoms with Crippen molar-refractivity contribution in [1.29, 1.82) is 0 Å². The van der Waals surface area contributed by atoms with E-state index in [2.05, 4.69) is 10.1 Å². The SMILES string of the molecule is CCOCc1nc2c(N)nc3ccccc3c2n1C[C@@H](C)O[P@@](=O)(N[C@@H](C)C(=O)OC(C)C)Oc1ccccc1Cl. The van der Waals surface area contributed by atoms with E-state index < -0.39 is 25.9 Å². The second-order valence-corrected chi connectivity index (χ2v) is 11.8. The highest BCUT2D eigenvalue weighted by Crippen LogP contribution is 2.48. The summed E-state index contributed by atoms with van der Waals surface area (Å²) in [4.78, 5) is 21.8. The Balaban J connectivity index is 1.70. The van der Waals surface area contributed by atoms with Crippen molar-refractivity contribution in [3.05, 3.63) is 59.4 Å². The third-order valence-electron chi connectivity index (χ3n) is 6.00. The molecule has 4 rings (SSSR count). The fourth-order valence-electron chi connectivity index (χ4n) is 4.28. The predicted octanol–water partition coefficient (Wildman–Crippen LogP) is 5.88. The molecule has 2 aromatic heterocycles. The molecule has 0 bridgehead atoms. The lowest BCUT2D eigenvalue weighted by Gasteiger charge is -2.26. The number of nitrogens with zero attached hydrogens (tertiary/aromatic N) is 3. The van der Waals surface area contributed by atoms with Gasteiger partial charge in [0.05, 0.1) is 34.8 Å². The second-order valence-electron chi connectivity index (χ2n) is 9.76. The largest absolute Gasteiger partial charge is 0.462 e. The average Bonchev–Trinajstić information content (AvgIpc) is 3.27. The molecule has 0 saturated carbocycles. The number of rotatable bonds is 13. The van der Waals surface area contributed by atoms with Crippen LogP contribution in [0.1, 0.15) is 40.4 Å². The van der Waals surface area contributed by atoms with Crippen molar-refractivity contribution in [1.82, 2.24) is 19.6 Å². The lowest BCUT2D eigenvalue weighted by Crippen LogP contribution is -2.37. The Morgan fingerprint density at radius 1 is 1.10 bits per heavy atom. The number of nitrogens with two attached hydrogens (primary N) is 1. The van der Waals surface area contributed by atoms with E-state index in [1.165, 1.54) is 6.92 Å². The van der Waals surface area contributed by atoms with Gasteiger partial charge in [-0.05, 0) is 52.8 Å². The van der Waals surface area contributed by atoms with Gasteiger partial charge in [-0.15, -0.1) is 0 Å². The number of nitrogens with one attached hydrogen (secondary N) is 1. The summed E-state index contributed by atoms with van der Waals surface area (Å²) in [5, 5.41) is 3.79. The van der Waals surface area contributed by atoms with E-state index in [1.807, 2.05) is 35.8 Å². The highest BCUT2D eigenvalue weighted by molar-refractivity contribution is 7.52. The number of hydrogen-bond acceptors (Lipinski definition) is 9. The van der Waals surface area contributed by atoms with Gasteiger partial charge in [0.1, 0.15) is 29.7 Å². The first-order chi connectivity index (χ1) is 19.5. The first-order valence-corrected chi connectivity index (χ1v) is 15.2. The van der Waals surface area contributed by atoms with Gasteiger partial charge in [0.25, 0.3) is 0 Å². The highest BCUT2D eigenvalue weighted by Gasteiger charge is 2.35. The van der Waals surface area contributed by atoms with Crippen LogP contribution in [-0.4, -0.2) is 45.4 Å². The van der Waals surface area contributed by atoms with E-state index >= 15 is 0 Å². The number of anilines is 1. The molecule has 11 nitrogen and oxygen atoms in total. The van der Waals surface area contributed by atoms with E-state index in [-0.39, 0.29) is 35.8 Å². The van der Waals surface area contributed by atoms with Gasteiger partial charge in [-0.2, -0.15) is 5.09 Å². The maximum atomic E-state index is 14.2. The molecule has 3 atom stereocenters. The number of carbonyl (C=O) groups is 1.